The third-order valence-corrected chi connectivity index (χ3v) is 4.18. The monoisotopic (exact) mass is 299 g/mol. The number of carbonyl (C=O) groups excluding carboxylic acids is 1. The number of rotatable bonds is 4. The van der Waals surface area contributed by atoms with Gasteiger partial charge in [-0.1, -0.05) is 37.3 Å². The molecule has 1 atom stereocenters. The predicted molar refractivity (Wildman–Crippen MR) is 83.2 cm³/mol. The molecule has 1 aromatic carbocycles. The van der Waals surface area contributed by atoms with Crippen LogP contribution < -0.4 is 0 Å². The molecule has 22 heavy (non-hydrogen) atoms. The molecule has 6 nitrogen and oxygen atoms in total. The zero-order valence-electron chi connectivity index (χ0n) is 12.8. The number of hydrogen-bond donors (Lipinski definition) is 1. The highest BCUT2D eigenvalue weighted by atomic mass is 16.2. The number of piperazine rings is 1. The van der Waals surface area contributed by atoms with Crippen LogP contribution in [-0.2, 0) is 6.54 Å². The summed E-state index contributed by atoms with van der Waals surface area (Å²) in [6.45, 7) is 5.57. The highest BCUT2D eigenvalue weighted by molar-refractivity contribution is 5.92. The van der Waals surface area contributed by atoms with E-state index in [0.717, 1.165) is 32.6 Å². The van der Waals surface area contributed by atoms with E-state index in [1.807, 2.05) is 11.0 Å². The van der Waals surface area contributed by atoms with Crippen LogP contribution in [0.5, 0.6) is 0 Å². The Hall–Kier alpha value is -2.21. The standard InChI is InChI=1S/C16H21N5O/c1-2-14-12-20(11-13-6-4-3-5-7-13)8-9-21(14)16(22)15-10-17-19-18-15/h3-7,10,14H,2,8-9,11-12H2,1H3,(H,17,18,19)/t14-/m1/s1. The van der Waals surface area contributed by atoms with E-state index in [0.29, 0.717) is 5.69 Å². The molecule has 1 saturated heterocycles. The van der Waals surface area contributed by atoms with Crippen molar-refractivity contribution in [2.75, 3.05) is 19.6 Å². The zero-order valence-corrected chi connectivity index (χ0v) is 12.8. The maximum atomic E-state index is 12.5. The van der Waals surface area contributed by atoms with Gasteiger partial charge in [-0.25, -0.2) is 0 Å². The number of nitrogens with zero attached hydrogens (tertiary/aromatic N) is 4. The van der Waals surface area contributed by atoms with Crippen molar-refractivity contribution in [3.05, 3.63) is 47.8 Å². The van der Waals surface area contributed by atoms with Crippen molar-refractivity contribution in [1.82, 2.24) is 25.2 Å². The van der Waals surface area contributed by atoms with Gasteiger partial charge in [-0.3, -0.25) is 9.69 Å². The molecule has 0 unspecified atom stereocenters. The molecule has 2 heterocycles. The Morgan fingerprint density at radius 3 is 2.82 bits per heavy atom. The Balaban J connectivity index is 1.65. The maximum absolute atomic E-state index is 12.5. The molecule has 1 fully saturated rings. The van der Waals surface area contributed by atoms with Crippen LogP contribution in [0.1, 0.15) is 29.4 Å². The number of amides is 1. The predicted octanol–water partition coefficient (Wildman–Crippen LogP) is 1.54. The van der Waals surface area contributed by atoms with Crippen LogP contribution in [-0.4, -0.2) is 56.8 Å². The van der Waals surface area contributed by atoms with E-state index < -0.39 is 0 Å². The summed E-state index contributed by atoms with van der Waals surface area (Å²) < 4.78 is 0. The molecule has 2 aromatic rings. The Labute approximate surface area is 130 Å². The van der Waals surface area contributed by atoms with Crippen LogP contribution in [0.3, 0.4) is 0 Å². The molecule has 0 spiro atoms. The Morgan fingerprint density at radius 2 is 2.14 bits per heavy atom. The van der Waals surface area contributed by atoms with E-state index in [1.165, 1.54) is 11.8 Å². The fraction of sp³-hybridized carbons (Fsp3) is 0.438. The Bertz CT molecular complexity index is 598. The normalized spacial score (nSPS) is 19.3. The third-order valence-electron chi connectivity index (χ3n) is 4.18. The third kappa shape index (κ3) is 3.17. The Morgan fingerprint density at radius 1 is 1.32 bits per heavy atom. The van der Waals surface area contributed by atoms with Gasteiger partial charge in [0.2, 0.25) is 0 Å². The first kappa shape index (κ1) is 14.7. The van der Waals surface area contributed by atoms with Gasteiger partial charge < -0.3 is 4.90 Å². The molecule has 1 aromatic heterocycles. The fourth-order valence-corrected chi connectivity index (χ4v) is 2.97. The lowest BCUT2D eigenvalue weighted by Crippen LogP contribution is -2.54. The van der Waals surface area contributed by atoms with E-state index >= 15 is 0 Å². The number of H-pyrrole nitrogens is 1. The lowest BCUT2D eigenvalue weighted by Gasteiger charge is -2.41. The van der Waals surface area contributed by atoms with Crippen LogP contribution in [0.25, 0.3) is 0 Å². The first-order valence-corrected chi connectivity index (χ1v) is 7.71. The average Bonchev–Trinajstić information content (AvgIpc) is 3.09. The maximum Gasteiger partial charge on any atom is 0.276 e. The molecule has 1 aliphatic rings. The van der Waals surface area contributed by atoms with E-state index in [-0.39, 0.29) is 11.9 Å². The van der Waals surface area contributed by atoms with Gasteiger partial charge in [0, 0.05) is 32.2 Å². The molecule has 0 radical (unpaired) electrons. The number of aromatic nitrogens is 3. The molecule has 1 N–H and O–H groups in total. The quantitative estimate of drug-likeness (QED) is 0.930. The van der Waals surface area contributed by atoms with Gasteiger partial charge in [0.05, 0.1) is 6.20 Å². The topological polar surface area (TPSA) is 65.1 Å². The highest BCUT2D eigenvalue weighted by Gasteiger charge is 2.30. The van der Waals surface area contributed by atoms with E-state index in [9.17, 15) is 4.79 Å². The first-order valence-electron chi connectivity index (χ1n) is 7.71. The Kier molecular flexibility index (Phi) is 4.48. The summed E-state index contributed by atoms with van der Waals surface area (Å²) in [6.07, 6.45) is 2.43. The smallest absolute Gasteiger partial charge is 0.276 e. The van der Waals surface area contributed by atoms with Gasteiger partial charge in [-0.2, -0.15) is 15.4 Å². The molecule has 1 aliphatic heterocycles. The summed E-state index contributed by atoms with van der Waals surface area (Å²) in [7, 11) is 0. The minimum atomic E-state index is -0.0278. The molecule has 1 amide bonds. The second-order valence-corrected chi connectivity index (χ2v) is 5.64. The summed E-state index contributed by atoms with van der Waals surface area (Å²) in [6, 6.07) is 10.7. The van der Waals surface area contributed by atoms with Gasteiger partial charge in [-0.05, 0) is 12.0 Å². The van der Waals surface area contributed by atoms with Crippen molar-refractivity contribution in [2.24, 2.45) is 0 Å². The molecular formula is C16H21N5O. The van der Waals surface area contributed by atoms with Crippen LogP contribution in [0.15, 0.2) is 36.5 Å². The minimum Gasteiger partial charge on any atom is -0.332 e. The van der Waals surface area contributed by atoms with Crippen LogP contribution >= 0.6 is 0 Å². The van der Waals surface area contributed by atoms with Crippen molar-refractivity contribution >= 4 is 5.91 Å². The molecule has 0 bridgehead atoms. The summed E-state index contributed by atoms with van der Waals surface area (Å²) >= 11 is 0. The first-order chi connectivity index (χ1) is 10.8. The second kappa shape index (κ2) is 6.70. The van der Waals surface area contributed by atoms with E-state index in [1.54, 1.807) is 0 Å². The second-order valence-electron chi connectivity index (χ2n) is 5.64. The highest BCUT2D eigenvalue weighted by Crippen LogP contribution is 2.17. The van der Waals surface area contributed by atoms with Gasteiger partial charge in [0.15, 0.2) is 5.69 Å². The fourth-order valence-electron chi connectivity index (χ4n) is 2.97. The number of carbonyl (C=O) groups is 1. The van der Waals surface area contributed by atoms with Gasteiger partial charge in [0.1, 0.15) is 0 Å². The van der Waals surface area contributed by atoms with Gasteiger partial charge in [0.25, 0.3) is 5.91 Å². The SMILES string of the molecule is CC[C@@H]1CN(Cc2ccccc2)CCN1C(=O)c1cn[nH]n1. The van der Waals surface area contributed by atoms with Crippen molar-refractivity contribution in [1.29, 1.82) is 0 Å². The largest absolute Gasteiger partial charge is 0.332 e. The number of aromatic amines is 1. The molecule has 6 heteroatoms. The average molecular weight is 299 g/mol. The van der Waals surface area contributed by atoms with Crippen molar-refractivity contribution in [3.8, 4) is 0 Å². The van der Waals surface area contributed by atoms with E-state index in [4.69, 9.17) is 0 Å². The van der Waals surface area contributed by atoms with Crippen molar-refractivity contribution in [3.63, 3.8) is 0 Å². The number of benzene rings is 1. The van der Waals surface area contributed by atoms with Crippen LogP contribution in [0.4, 0.5) is 0 Å². The van der Waals surface area contributed by atoms with Crippen molar-refractivity contribution < 1.29 is 4.79 Å². The van der Waals surface area contributed by atoms with Gasteiger partial charge in [-0.15, -0.1) is 0 Å². The van der Waals surface area contributed by atoms with Gasteiger partial charge >= 0.3 is 0 Å². The number of nitrogens with one attached hydrogen (secondary N) is 1. The molecule has 0 saturated carbocycles. The summed E-state index contributed by atoms with van der Waals surface area (Å²) in [4.78, 5) is 16.8. The molecular weight excluding hydrogens is 278 g/mol. The summed E-state index contributed by atoms with van der Waals surface area (Å²) in [5.41, 5.74) is 1.71. The van der Waals surface area contributed by atoms with Crippen LogP contribution in [0, 0.1) is 0 Å². The molecule has 116 valence electrons. The van der Waals surface area contributed by atoms with E-state index in [2.05, 4.69) is 51.5 Å². The summed E-state index contributed by atoms with van der Waals surface area (Å²) in [5.74, 6) is -0.0278. The lowest BCUT2D eigenvalue weighted by molar-refractivity contribution is 0.0424. The molecule has 3 rings (SSSR count). The van der Waals surface area contributed by atoms with Crippen LogP contribution in [0.2, 0.25) is 0 Å². The summed E-state index contributed by atoms with van der Waals surface area (Å²) in [5, 5.41) is 10.1. The minimum absolute atomic E-state index is 0.0278. The molecule has 0 aliphatic carbocycles. The zero-order chi connectivity index (χ0) is 15.4. The van der Waals surface area contributed by atoms with Crippen molar-refractivity contribution in [2.45, 2.75) is 25.9 Å². The lowest BCUT2D eigenvalue weighted by atomic mass is 10.1. The number of hydrogen-bond acceptors (Lipinski definition) is 4.